The van der Waals surface area contributed by atoms with Crippen LogP contribution in [0, 0.1) is 6.92 Å². The van der Waals surface area contributed by atoms with Crippen LogP contribution in [0.3, 0.4) is 0 Å². The van der Waals surface area contributed by atoms with Crippen molar-refractivity contribution >= 4 is 0 Å². The monoisotopic (exact) mass is 356 g/mol. The average Bonchev–Trinajstić information content (AvgIpc) is 3.31. The van der Waals surface area contributed by atoms with Crippen molar-refractivity contribution in [2.45, 2.75) is 19.6 Å². The van der Waals surface area contributed by atoms with E-state index < -0.39 is 0 Å². The van der Waals surface area contributed by atoms with E-state index in [1.54, 1.807) is 7.11 Å². The minimum atomic E-state index is -0.233. The number of ether oxygens (including phenoxy) is 2. The maximum Gasteiger partial charge on any atom is 0.258 e. The Morgan fingerprint density at radius 3 is 2.77 bits per heavy atom. The highest BCUT2D eigenvalue weighted by atomic mass is 16.5. The van der Waals surface area contributed by atoms with E-state index in [9.17, 15) is 0 Å². The number of nitrogens with zero attached hydrogens (tertiary/aromatic N) is 4. The van der Waals surface area contributed by atoms with Gasteiger partial charge in [-0.2, -0.15) is 4.98 Å². The molecular weight excluding hydrogens is 336 g/mol. The van der Waals surface area contributed by atoms with E-state index >= 15 is 0 Å². The van der Waals surface area contributed by atoms with Crippen molar-refractivity contribution in [3.8, 4) is 17.2 Å². The van der Waals surface area contributed by atoms with Crippen molar-refractivity contribution in [2.75, 3.05) is 26.8 Å². The molecule has 1 aromatic carbocycles. The zero-order chi connectivity index (χ0) is 17.9. The highest BCUT2D eigenvalue weighted by molar-refractivity contribution is 5.54. The molecule has 1 atom stereocenters. The maximum absolute atomic E-state index is 5.83. The Balaban J connectivity index is 1.44. The van der Waals surface area contributed by atoms with Crippen LogP contribution in [-0.2, 0) is 11.3 Å². The molecule has 1 saturated heterocycles. The molecule has 8 nitrogen and oxygen atoms in total. The van der Waals surface area contributed by atoms with Gasteiger partial charge in [0.15, 0.2) is 5.76 Å². The summed E-state index contributed by atoms with van der Waals surface area (Å²) in [5, 5.41) is 8.03. The Labute approximate surface area is 150 Å². The van der Waals surface area contributed by atoms with Gasteiger partial charge in [-0.25, -0.2) is 0 Å². The summed E-state index contributed by atoms with van der Waals surface area (Å²) >= 11 is 0. The van der Waals surface area contributed by atoms with Crippen LogP contribution in [0.2, 0.25) is 0 Å². The molecule has 0 amide bonds. The Kier molecular flexibility index (Phi) is 4.68. The van der Waals surface area contributed by atoms with Crippen molar-refractivity contribution in [3.63, 3.8) is 0 Å². The molecule has 2 aromatic heterocycles. The van der Waals surface area contributed by atoms with Crippen molar-refractivity contribution in [2.24, 2.45) is 0 Å². The molecule has 0 bridgehead atoms. The summed E-state index contributed by atoms with van der Waals surface area (Å²) in [6, 6.07) is 9.43. The molecule has 1 aliphatic heterocycles. The predicted molar refractivity (Wildman–Crippen MR) is 91.5 cm³/mol. The molecule has 0 radical (unpaired) electrons. The third-order valence-electron chi connectivity index (χ3n) is 4.27. The van der Waals surface area contributed by atoms with Gasteiger partial charge in [0, 0.05) is 24.7 Å². The van der Waals surface area contributed by atoms with Crippen LogP contribution < -0.4 is 4.74 Å². The van der Waals surface area contributed by atoms with Gasteiger partial charge in [-0.05, 0) is 31.2 Å². The van der Waals surface area contributed by atoms with E-state index in [2.05, 4.69) is 20.2 Å². The van der Waals surface area contributed by atoms with Crippen molar-refractivity contribution in [1.82, 2.24) is 20.2 Å². The largest absolute Gasteiger partial charge is 0.497 e. The number of aromatic nitrogens is 3. The number of methoxy groups -OCH3 is 1. The second-order valence-corrected chi connectivity index (χ2v) is 6.22. The zero-order valence-corrected chi connectivity index (χ0v) is 14.7. The molecule has 0 unspecified atom stereocenters. The van der Waals surface area contributed by atoms with Gasteiger partial charge in [-0.1, -0.05) is 10.3 Å². The molecule has 0 aliphatic carbocycles. The van der Waals surface area contributed by atoms with Crippen LogP contribution >= 0.6 is 0 Å². The SMILES string of the molecule is COc1ccc(-c2nc([C@H]3CN(Cc4cc(C)no4)CCO3)no2)cc1. The third kappa shape index (κ3) is 3.61. The summed E-state index contributed by atoms with van der Waals surface area (Å²) in [5.74, 6) is 2.64. The molecule has 0 spiro atoms. The number of benzene rings is 1. The summed E-state index contributed by atoms with van der Waals surface area (Å²) in [5.41, 5.74) is 1.72. The first kappa shape index (κ1) is 16.7. The van der Waals surface area contributed by atoms with Crippen molar-refractivity contribution < 1.29 is 18.5 Å². The van der Waals surface area contributed by atoms with Gasteiger partial charge in [-0.15, -0.1) is 0 Å². The smallest absolute Gasteiger partial charge is 0.258 e. The molecule has 0 N–H and O–H groups in total. The fourth-order valence-corrected chi connectivity index (χ4v) is 2.93. The summed E-state index contributed by atoms with van der Waals surface area (Å²) in [7, 11) is 1.63. The molecule has 26 heavy (non-hydrogen) atoms. The van der Waals surface area contributed by atoms with Gasteiger partial charge in [0.2, 0.25) is 5.82 Å². The second-order valence-electron chi connectivity index (χ2n) is 6.22. The molecule has 1 aliphatic rings. The Bertz CT molecular complexity index is 858. The van der Waals surface area contributed by atoms with E-state index in [1.165, 1.54) is 0 Å². The third-order valence-corrected chi connectivity index (χ3v) is 4.27. The normalized spacial score (nSPS) is 18.2. The highest BCUT2D eigenvalue weighted by Crippen LogP contribution is 2.25. The minimum Gasteiger partial charge on any atom is -0.497 e. The lowest BCUT2D eigenvalue weighted by Gasteiger charge is -2.30. The van der Waals surface area contributed by atoms with Gasteiger partial charge in [0.1, 0.15) is 11.9 Å². The molecule has 4 rings (SSSR count). The highest BCUT2D eigenvalue weighted by Gasteiger charge is 2.27. The standard InChI is InChI=1S/C18H20N4O4/c1-12-9-15(25-20-12)10-22-7-8-24-16(11-22)17-19-18(26-21-17)13-3-5-14(23-2)6-4-13/h3-6,9,16H,7-8,10-11H2,1-2H3/t16-/m1/s1. The fourth-order valence-electron chi connectivity index (χ4n) is 2.93. The first-order chi connectivity index (χ1) is 12.7. The predicted octanol–water partition coefficient (Wildman–Crippen LogP) is 2.62. The van der Waals surface area contributed by atoms with Gasteiger partial charge >= 0.3 is 0 Å². The lowest BCUT2D eigenvalue weighted by atomic mass is 10.2. The number of hydrogen-bond donors (Lipinski definition) is 0. The zero-order valence-electron chi connectivity index (χ0n) is 14.7. The lowest BCUT2D eigenvalue weighted by molar-refractivity contribution is -0.0401. The van der Waals surface area contributed by atoms with Crippen molar-refractivity contribution in [3.05, 3.63) is 47.6 Å². The van der Waals surface area contributed by atoms with Gasteiger partial charge in [-0.3, -0.25) is 4.90 Å². The summed E-state index contributed by atoms with van der Waals surface area (Å²) in [6.45, 7) is 4.68. The van der Waals surface area contributed by atoms with Gasteiger partial charge in [0.05, 0.1) is 26.0 Å². The van der Waals surface area contributed by atoms with E-state index in [0.717, 1.165) is 29.3 Å². The van der Waals surface area contributed by atoms with Crippen LogP contribution in [0.5, 0.6) is 5.75 Å². The van der Waals surface area contributed by atoms with E-state index in [1.807, 2.05) is 37.3 Å². The molecule has 136 valence electrons. The fraction of sp³-hybridized carbons (Fsp3) is 0.389. The maximum atomic E-state index is 5.83. The molecule has 3 heterocycles. The molecular formula is C18H20N4O4. The summed E-state index contributed by atoms with van der Waals surface area (Å²) < 4.78 is 21.7. The number of hydrogen-bond acceptors (Lipinski definition) is 8. The van der Waals surface area contributed by atoms with E-state index in [-0.39, 0.29) is 6.10 Å². The number of morpholine rings is 1. The first-order valence-corrected chi connectivity index (χ1v) is 8.45. The number of rotatable bonds is 5. The minimum absolute atomic E-state index is 0.233. The van der Waals surface area contributed by atoms with Crippen LogP contribution in [0.1, 0.15) is 23.4 Å². The Morgan fingerprint density at radius 1 is 1.19 bits per heavy atom. The average molecular weight is 356 g/mol. The first-order valence-electron chi connectivity index (χ1n) is 8.45. The van der Waals surface area contributed by atoms with Crippen LogP contribution in [-0.4, -0.2) is 47.0 Å². The Hall–Kier alpha value is -2.71. The van der Waals surface area contributed by atoms with Crippen LogP contribution in [0.15, 0.2) is 39.4 Å². The van der Waals surface area contributed by atoms with Crippen molar-refractivity contribution in [1.29, 1.82) is 0 Å². The summed E-state index contributed by atoms with van der Waals surface area (Å²) in [6.07, 6.45) is -0.233. The number of aryl methyl sites for hydroxylation is 1. The molecule has 0 saturated carbocycles. The van der Waals surface area contributed by atoms with Gasteiger partial charge in [0.25, 0.3) is 5.89 Å². The quantitative estimate of drug-likeness (QED) is 0.689. The lowest BCUT2D eigenvalue weighted by Crippen LogP contribution is -2.38. The Morgan fingerprint density at radius 2 is 2.04 bits per heavy atom. The van der Waals surface area contributed by atoms with E-state index in [4.69, 9.17) is 18.5 Å². The summed E-state index contributed by atoms with van der Waals surface area (Å²) in [4.78, 5) is 6.73. The van der Waals surface area contributed by atoms with Crippen LogP contribution in [0.25, 0.3) is 11.5 Å². The molecule has 3 aromatic rings. The second kappa shape index (κ2) is 7.27. The molecule has 1 fully saturated rings. The van der Waals surface area contributed by atoms with Gasteiger partial charge < -0.3 is 18.5 Å². The topological polar surface area (TPSA) is 86.7 Å². The van der Waals surface area contributed by atoms with Crippen LogP contribution in [0.4, 0.5) is 0 Å². The van der Waals surface area contributed by atoms with E-state index in [0.29, 0.717) is 31.4 Å². The molecule has 8 heteroatoms.